The molecule has 0 aromatic carbocycles. The first kappa shape index (κ1) is 14.2. The Morgan fingerprint density at radius 1 is 1.50 bits per heavy atom. The SMILES string of the molecule is CCCC(=O)C1=Nc2c(nc(N)[nH]c2=O)NC1.Cl. The van der Waals surface area contributed by atoms with Gasteiger partial charge in [0.05, 0.1) is 6.54 Å². The molecule has 8 heteroatoms. The van der Waals surface area contributed by atoms with E-state index in [0.717, 1.165) is 6.42 Å². The van der Waals surface area contributed by atoms with Crippen LogP contribution in [-0.2, 0) is 4.79 Å². The molecule has 0 aliphatic carbocycles. The Morgan fingerprint density at radius 3 is 2.89 bits per heavy atom. The van der Waals surface area contributed by atoms with Gasteiger partial charge in [-0.05, 0) is 6.42 Å². The molecule has 1 aliphatic heterocycles. The zero-order chi connectivity index (χ0) is 12.4. The molecule has 4 N–H and O–H groups in total. The number of ketones is 1. The highest BCUT2D eigenvalue weighted by molar-refractivity contribution is 6.42. The Kier molecular flexibility index (Phi) is 4.43. The van der Waals surface area contributed by atoms with E-state index in [9.17, 15) is 9.59 Å². The zero-order valence-electron chi connectivity index (χ0n) is 9.82. The summed E-state index contributed by atoms with van der Waals surface area (Å²) in [5, 5.41) is 2.87. The minimum Gasteiger partial charge on any atom is -0.369 e. The van der Waals surface area contributed by atoms with E-state index < -0.39 is 5.56 Å². The van der Waals surface area contributed by atoms with Crippen LogP contribution in [0.25, 0.3) is 0 Å². The highest BCUT2D eigenvalue weighted by atomic mass is 35.5. The van der Waals surface area contributed by atoms with Gasteiger partial charge in [-0.2, -0.15) is 4.98 Å². The molecule has 0 amide bonds. The first-order valence-corrected chi connectivity index (χ1v) is 5.36. The summed E-state index contributed by atoms with van der Waals surface area (Å²) in [7, 11) is 0. The second kappa shape index (κ2) is 5.63. The van der Waals surface area contributed by atoms with Gasteiger partial charge in [-0.15, -0.1) is 12.4 Å². The number of fused-ring (bicyclic) bond motifs is 1. The minimum atomic E-state index is -0.443. The molecule has 18 heavy (non-hydrogen) atoms. The second-order valence-corrected chi connectivity index (χ2v) is 3.73. The molecular weight excluding hydrogens is 258 g/mol. The van der Waals surface area contributed by atoms with Crippen molar-refractivity contribution in [1.29, 1.82) is 0 Å². The number of carbonyl (C=O) groups is 1. The molecule has 0 atom stereocenters. The molecule has 7 nitrogen and oxygen atoms in total. The number of nitrogen functional groups attached to an aromatic ring is 1. The van der Waals surface area contributed by atoms with Gasteiger partial charge in [0.2, 0.25) is 5.95 Å². The summed E-state index contributed by atoms with van der Waals surface area (Å²) in [6, 6.07) is 0. The van der Waals surface area contributed by atoms with Crippen LogP contribution in [-0.4, -0.2) is 28.0 Å². The molecule has 0 unspecified atom stereocenters. The first-order chi connectivity index (χ1) is 8.11. The lowest BCUT2D eigenvalue weighted by Crippen LogP contribution is -2.28. The van der Waals surface area contributed by atoms with Crippen LogP contribution >= 0.6 is 12.4 Å². The van der Waals surface area contributed by atoms with Gasteiger partial charge in [0.15, 0.2) is 17.3 Å². The smallest absolute Gasteiger partial charge is 0.280 e. The number of H-pyrrole nitrogens is 1. The third-order valence-electron chi connectivity index (χ3n) is 2.38. The van der Waals surface area contributed by atoms with E-state index in [1.165, 1.54) is 0 Å². The van der Waals surface area contributed by atoms with E-state index >= 15 is 0 Å². The number of nitrogens with one attached hydrogen (secondary N) is 2. The number of aromatic amines is 1. The van der Waals surface area contributed by atoms with Crippen LogP contribution in [0, 0.1) is 0 Å². The minimum absolute atomic E-state index is 0. The van der Waals surface area contributed by atoms with E-state index in [4.69, 9.17) is 5.73 Å². The van der Waals surface area contributed by atoms with Crippen molar-refractivity contribution in [1.82, 2.24) is 9.97 Å². The molecule has 1 aromatic rings. The molecule has 98 valence electrons. The predicted molar refractivity (Wildman–Crippen MR) is 72.0 cm³/mol. The number of nitrogens with two attached hydrogens (primary N) is 1. The molecule has 2 heterocycles. The van der Waals surface area contributed by atoms with Crippen molar-refractivity contribution in [2.45, 2.75) is 19.8 Å². The van der Waals surface area contributed by atoms with Gasteiger partial charge in [0, 0.05) is 6.42 Å². The molecule has 0 radical (unpaired) electrons. The van der Waals surface area contributed by atoms with Gasteiger partial charge in [0.25, 0.3) is 5.56 Å². The van der Waals surface area contributed by atoms with Gasteiger partial charge in [-0.25, -0.2) is 4.99 Å². The molecule has 2 rings (SSSR count). The van der Waals surface area contributed by atoms with Crippen molar-refractivity contribution in [3.63, 3.8) is 0 Å². The maximum atomic E-state index is 11.7. The molecule has 1 aliphatic rings. The number of carbonyl (C=O) groups excluding carboxylic acids is 1. The number of nitrogens with zero attached hydrogens (tertiary/aromatic N) is 2. The van der Waals surface area contributed by atoms with Crippen LogP contribution in [0.2, 0.25) is 0 Å². The Morgan fingerprint density at radius 2 is 2.22 bits per heavy atom. The summed E-state index contributed by atoms with van der Waals surface area (Å²) in [6.45, 7) is 2.19. The summed E-state index contributed by atoms with van der Waals surface area (Å²) in [6.07, 6.45) is 1.18. The van der Waals surface area contributed by atoms with Gasteiger partial charge < -0.3 is 11.1 Å². The fraction of sp³-hybridized carbons (Fsp3) is 0.400. The van der Waals surface area contributed by atoms with E-state index in [2.05, 4.69) is 20.3 Å². The number of Topliss-reactive ketones (excluding diaryl/α,β-unsaturated/α-hetero) is 1. The maximum absolute atomic E-state index is 11.7. The number of hydrogen-bond acceptors (Lipinski definition) is 6. The lowest BCUT2D eigenvalue weighted by molar-refractivity contribution is -0.113. The largest absolute Gasteiger partial charge is 0.369 e. The van der Waals surface area contributed by atoms with Crippen molar-refractivity contribution < 1.29 is 4.79 Å². The van der Waals surface area contributed by atoms with Gasteiger partial charge in [-0.3, -0.25) is 14.6 Å². The third kappa shape index (κ3) is 2.67. The number of anilines is 2. The van der Waals surface area contributed by atoms with E-state index in [1.807, 2.05) is 6.92 Å². The van der Waals surface area contributed by atoms with E-state index in [-0.39, 0.29) is 36.4 Å². The van der Waals surface area contributed by atoms with E-state index in [0.29, 0.717) is 18.0 Å². The van der Waals surface area contributed by atoms with Crippen molar-refractivity contribution in [2.75, 3.05) is 17.6 Å². The fourth-order valence-corrected chi connectivity index (χ4v) is 1.59. The van der Waals surface area contributed by atoms with Gasteiger partial charge in [0.1, 0.15) is 5.71 Å². The summed E-state index contributed by atoms with van der Waals surface area (Å²) in [5.74, 6) is 0.293. The average Bonchev–Trinajstić information content (AvgIpc) is 2.28. The Hall–Kier alpha value is -1.89. The van der Waals surface area contributed by atoms with Crippen molar-refractivity contribution >= 4 is 41.4 Å². The first-order valence-electron chi connectivity index (χ1n) is 5.36. The summed E-state index contributed by atoms with van der Waals surface area (Å²) in [5.41, 5.74) is 5.43. The highest BCUT2D eigenvalue weighted by Crippen LogP contribution is 2.21. The Labute approximate surface area is 109 Å². The van der Waals surface area contributed by atoms with Gasteiger partial charge in [-0.1, -0.05) is 6.92 Å². The number of rotatable bonds is 3. The molecular formula is C10H14ClN5O2. The summed E-state index contributed by atoms with van der Waals surface area (Å²) >= 11 is 0. The topological polar surface area (TPSA) is 113 Å². The molecule has 0 fully saturated rings. The normalized spacial score (nSPS) is 12.8. The summed E-state index contributed by atoms with van der Waals surface area (Å²) in [4.78, 5) is 33.5. The lowest BCUT2D eigenvalue weighted by Gasteiger charge is -2.15. The number of aromatic nitrogens is 2. The van der Waals surface area contributed by atoms with Crippen LogP contribution in [0.4, 0.5) is 17.5 Å². The molecule has 0 spiro atoms. The van der Waals surface area contributed by atoms with Crippen LogP contribution in [0.3, 0.4) is 0 Å². The van der Waals surface area contributed by atoms with Crippen LogP contribution in [0.15, 0.2) is 9.79 Å². The quantitative estimate of drug-likeness (QED) is 0.747. The molecule has 1 aromatic heterocycles. The standard InChI is InChI=1S/C10H13N5O2.ClH/c1-2-3-6(16)5-4-12-8-7(13-5)9(17)15-10(11)14-8;/h2-4H2,1H3,(H4,11,12,14,15,17);1H. The highest BCUT2D eigenvalue weighted by Gasteiger charge is 2.20. The van der Waals surface area contributed by atoms with Crippen molar-refractivity contribution in [3.05, 3.63) is 10.4 Å². The lowest BCUT2D eigenvalue weighted by atomic mass is 10.1. The van der Waals surface area contributed by atoms with Crippen molar-refractivity contribution in [2.24, 2.45) is 4.99 Å². The monoisotopic (exact) mass is 271 g/mol. The van der Waals surface area contributed by atoms with Crippen LogP contribution < -0.4 is 16.6 Å². The Balaban J connectivity index is 0.00000162. The third-order valence-corrected chi connectivity index (χ3v) is 2.38. The maximum Gasteiger partial charge on any atom is 0.280 e. The van der Waals surface area contributed by atoms with E-state index in [1.54, 1.807) is 0 Å². The Bertz CT molecular complexity index is 552. The molecule has 0 saturated heterocycles. The van der Waals surface area contributed by atoms with Crippen LogP contribution in [0.5, 0.6) is 0 Å². The zero-order valence-corrected chi connectivity index (χ0v) is 10.6. The number of aliphatic imine (C=N–C) groups is 1. The second-order valence-electron chi connectivity index (χ2n) is 3.73. The van der Waals surface area contributed by atoms with Crippen LogP contribution in [0.1, 0.15) is 19.8 Å². The fourth-order valence-electron chi connectivity index (χ4n) is 1.59. The van der Waals surface area contributed by atoms with Crippen molar-refractivity contribution in [3.8, 4) is 0 Å². The molecule has 0 bridgehead atoms. The summed E-state index contributed by atoms with van der Waals surface area (Å²) < 4.78 is 0. The number of halogens is 1. The predicted octanol–water partition coefficient (Wildman–Crippen LogP) is 0.641. The van der Waals surface area contributed by atoms with Gasteiger partial charge >= 0.3 is 0 Å². The average molecular weight is 272 g/mol. The molecule has 0 saturated carbocycles. The number of hydrogen-bond donors (Lipinski definition) is 3.